The molecule has 2 N–H and O–H groups in total. The summed E-state index contributed by atoms with van der Waals surface area (Å²) in [7, 11) is 0. The lowest BCUT2D eigenvalue weighted by Crippen LogP contribution is -2.14. The predicted octanol–water partition coefficient (Wildman–Crippen LogP) is 2.98. The number of nitro groups is 1. The van der Waals surface area contributed by atoms with Crippen molar-refractivity contribution in [2.24, 2.45) is 5.73 Å². The Kier molecular flexibility index (Phi) is 3.87. The second-order valence-electron chi connectivity index (χ2n) is 4.25. The fraction of sp³-hybridized carbons (Fsp3) is 0.143. The monoisotopic (exact) mass is 260 g/mol. The number of hydrogen-bond donors (Lipinski definition) is 1. The van der Waals surface area contributed by atoms with Crippen molar-refractivity contribution in [3.8, 4) is 0 Å². The Hall–Kier alpha value is -2.27. The predicted molar refractivity (Wildman–Crippen MR) is 70.1 cm³/mol. The molecular formula is C14H13FN2O2. The summed E-state index contributed by atoms with van der Waals surface area (Å²) in [5.74, 6) is -0.332. The first-order chi connectivity index (χ1) is 9.08. The second kappa shape index (κ2) is 5.58. The highest BCUT2D eigenvalue weighted by Crippen LogP contribution is 2.23. The van der Waals surface area contributed by atoms with Crippen LogP contribution in [0.1, 0.15) is 17.2 Å². The van der Waals surface area contributed by atoms with Crippen molar-refractivity contribution < 1.29 is 9.31 Å². The van der Waals surface area contributed by atoms with Gasteiger partial charge in [0, 0.05) is 17.7 Å². The molecule has 0 amide bonds. The van der Waals surface area contributed by atoms with E-state index in [1.165, 1.54) is 18.2 Å². The van der Waals surface area contributed by atoms with Crippen molar-refractivity contribution in [2.45, 2.75) is 12.5 Å². The molecule has 1 unspecified atom stereocenters. The van der Waals surface area contributed by atoms with E-state index in [1.807, 2.05) is 0 Å². The molecule has 0 bridgehead atoms. The average molecular weight is 260 g/mol. The Bertz CT molecular complexity index is 584. The van der Waals surface area contributed by atoms with Crippen LogP contribution in [0.3, 0.4) is 0 Å². The summed E-state index contributed by atoms with van der Waals surface area (Å²) in [6, 6.07) is 11.9. The molecule has 0 aliphatic heterocycles. The maximum atomic E-state index is 12.8. The molecule has 0 radical (unpaired) electrons. The highest BCUT2D eigenvalue weighted by atomic mass is 19.1. The SMILES string of the molecule is NC(Cc1ccccc1[N+](=O)[O-])c1ccc(F)cc1. The molecule has 0 saturated carbocycles. The Balaban J connectivity index is 2.21. The molecular weight excluding hydrogens is 247 g/mol. The van der Waals surface area contributed by atoms with Gasteiger partial charge in [0.1, 0.15) is 5.82 Å². The average Bonchev–Trinajstić information content (AvgIpc) is 2.39. The topological polar surface area (TPSA) is 69.2 Å². The van der Waals surface area contributed by atoms with Crippen molar-refractivity contribution >= 4 is 5.69 Å². The molecule has 0 heterocycles. The number of nitrogens with zero attached hydrogens (tertiary/aromatic N) is 1. The number of benzene rings is 2. The zero-order valence-electron chi connectivity index (χ0n) is 10.1. The van der Waals surface area contributed by atoms with Crippen LogP contribution in [0.15, 0.2) is 48.5 Å². The molecule has 0 spiro atoms. The summed E-state index contributed by atoms with van der Waals surface area (Å²) in [4.78, 5) is 10.5. The molecule has 2 rings (SSSR count). The van der Waals surface area contributed by atoms with Gasteiger partial charge in [-0.05, 0) is 24.1 Å². The highest BCUT2D eigenvalue weighted by Gasteiger charge is 2.16. The van der Waals surface area contributed by atoms with E-state index in [0.29, 0.717) is 12.0 Å². The van der Waals surface area contributed by atoms with Crippen LogP contribution in [-0.2, 0) is 6.42 Å². The number of hydrogen-bond acceptors (Lipinski definition) is 3. The fourth-order valence-corrected chi connectivity index (χ4v) is 1.93. The van der Waals surface area contributed by atoms with Crippen molar-refractivity contribution in [1.29, 1.82) is 0 Å². The van der Waals surface area contributed by atoms with E-state index in [2.05, 4.69) is 0 Å². The van der Waals surface area contributed by atoms with Crippen molar-refractivity contribution in [2.75, 3.05) is 0 Å². The third kappa shape index (κ3) is 3.14. The van der Waals surface area contributed by atoms with Gasteiger partial charge in [0.15, 0.2) is 0 Å². The second-order valence-corrected chi connectivity index (χ2v) is 4.25. The Morgan fingerprint density at radius 2 is 1.79 bits per heavy atom. The molecule has 0 aliphatic rings. The van der Waals surface area contributed by atoms with Crippen molar-refractivity contribution in [1.82, 2.24) is 0 Å². The third-order valence-electron chi connectivity index (χ3n) is 2.93. The van der Waals surface area contributed by atoms with Gasteiger partial charge in [-0.25, -0.2) is 4.39 Å². The van der Waals surface area contributed by atoms with E-state index in [1.54, 1.807) is 30.3 Å². The minimum atomic E-state index is -0.424. The molecule has 1 atom stereocenters. The Morgan fingerprint density at radius 3 is 2.42 bits per heavy atom. The smallest absolute Gasteiger partial charge is 0.272 e. The van der Waals surface area contributed by atoms with Crippen LogP contribution < -0.4 is 5.73 Å². The lowest BCUT2D eigenvalue weighted by molar-refractivity contribution is -0.385. The van der Waals surface area contributed by atoms with Crippen LogP contribution in [0.2, 0.25) is 0 Å². The summed E-state index contributed by atoms with van der Waals surface area (Å²) in [6.07, 6.45) is 0.336. The minimum Gasteiger partial charge on any atom is -0.324 e. The third-order valence-corrected chi connectivity index (χ3v) is 2.93. The summed E-state index contributed by atoms with van der Waals surface area (Å²) in [5, 5.41) is 10.9. The van der Waals surface area contributed by atoms with E-state index in [4.69, 9.17) is 5.73 Å². The molecule has 0 aliphatic carbocycles. The normalized spacial score (nSPS) is 12.1. The van der Waals surface area contributed by atoms with Gasteiger partial charge in [0.25, 0.3) is 5.69 Å². The molecule has 98 valence electrons. The van der Waals surface area contributed by atoms with Crippen LogP contribution in [0.5, 0.6) is 0 Å². The lowest BCUT2D eigenvalue weighted by atomic mass is 9.98. The van der Waals surface area contributed by atoms with Gasteiger partial charge < -0.3 is 5.73 Å². The van der Waals surface area contributed by atoms with E-state index in [-0.39, 0.29) is 11.5 Å². The first kappa shape index (κ1) is 13.2. The Morgan fingerprint density at radius 1 is 1.16 bits per heavy atom. The number of halogens is 1. The maximum absolute atomic E-state index is 12.8. The van der Waals surface area contributed by atoms with Crippen molar-refractivity contribution in [3.05, 3.63) is 75.6 Å². The molecule has 4 nitrogen and oxygen atoms in total. The number of para-hydroxylation sites is 1. The van der Waals surface area contributed by atoms with Crippen molar-refractivity contribution in [3.63, 3.8) is 0 Å². The number of nitrogens with two attached hydrogens (primary N) is 1. The Labute approximate surface area is 109 Å². The van der Waals surface area contributed by atoms with Gasteiger partial charge >= 0.3 is 0 Å². The van der Waals surface area contributed by atoms with Gasteiger partial charge in [0.05, 0.1) is 4.92 Å². The summed E-state index contributed by atoms with van der Waals surface area (Å²) < 4.78 is 12.8. The van der Waals surface area contributed by atoms with Gasteiger partial charge in [-0.1, -0.05) is 30.3 Å². The first-order valence-corrected chi connectivity index (χ1v) is 5.81. The van der Waals surface area contributed by atoms with Gasteiger partial charge in [-0.2, -0.15) is 0 Å². The van der Waals surface area contributed by atoms with E-state index in [0.717, 1.165) is 5.56 Å². The molecule has 19 heavy (non-hydrogen) atoms. The summed E-state index contributed by atoms with van der Waals surface area (Å²) in [6.45, 7) is 0. The van der Waals surface area contributed by atoms with E-state index < -0.39 is 11.0 Å². The van der Waals surface area contributed by atoms with Gasteiger partial charge in [-0.15, -0.1) is 0 Å². The zero-order chi connectivity index (χ0) is 13.8. The molecule has 2 aromatic rings. The standard InChI is InChI=1S/C14H13FN2O2/c15-12-7-5-10(6-8-12)13(16)9-11-3-1-2-4-14(11)17(18)19/h1-8,13H,9,16H2. The van der Waals surface area contributed by atoms with Gasteiger partial charge in [-0.3, -0.25) is 10.1 Å². The van der Waals surface area contributed by atoms with Gasteiger partial charge in [0.2, 0.25) is 0 Å². The molecule has 0 saturated heterocycles. The summed E-state index contributed by atoms with van der Waals surface area (Å²) >= 11 is 0. The van der Waals surface area contributed by atoms with E-state index in [9.17, 15) is 14.5 Å². The fourth-order valence-electron chi connectivity index (χ4n) is 1.93. The maximum Gasteiger partial charge on any atom is 0.272 e. The zero-order valence-corrected chi connectivity index (χ0v) is 10.1. The highest BCUT2D eigenvalue weighted by molar-refractivity contribution is 5.41. The molecule has 0 aromatic heterocycles. The number of rotatable bonds is 4. The van der Waals surface area contributed by atoms with E-state index >= 15 is 0 Å². The largest absolute Gasteiger partial charge is 0.324 e. The summed E-state index contributed by atoms with van der Waals surface area (Å²) in [5.41, 5.74) is 7.38. The lowest BCUT2D eigenvalue weighted by Gasteiger charge is -2.12. The minimum absolute atomic E-state index is 0.0556. The van der Waals surface area contributed by atoms with Crippen LogP contribution in [0, 0.1) is 15.9 Å². The first-order valence-electron chi connectivity index (χ1n) is 5.81. The molecule has 5 heteroatoms. The quantitative estimate of drug-likeness (QED) is 0.678. The number of nitro benzene ring substituents is 1. The van der Waals surface area contributed by atoms with Crippen LogP contribution >= 0.6 is 0 Å². The molecule has 2 aromatic carbocycles. The van der Waals surface area contributed by atoms with Crippen LogP contribution in [0.4, 0.5) is 10.1 Å². The van der Waals surface area contributed by atoms with Crippen LogP contribution in [0.25, 0.3) is 0 Å². The van der Waals surface area contributed by atoms with Crippen LogP contribution in [-0.4, -0.2) is 4.92 Å². The molecule has 0 fully saturated rings.